The molecule has 1 aliphatic heterocycles. The number of amides is 1. The molecule has 188 valence electrons. The van der Waals surface area contributed by atoms with Crippen LogP contribution >= 0.6 is 46.0 Å². The number of aromatic nitrogens is 2. The van der Waals surface area contributed by atoms with E-state index < -0.39 is 5.92 Å². The van der Waals surface area contributed by atoms with E-state index in [0.29, 0.717) is 50.6 Å². The highest BCUT2D eigenvalue weighted by molar-refractivity contribution is 8.01. The SMILES string of the molecule is Cc1ccc(C2C(C#N)=C(N)N(c3nnc(SCC(=O)Nc4ccccc4Cl)s3)C3=C2C(=O)CCC3)s1. The molecule has 0 saturated carbocycles. The van der Waals surface area contributed by atoms with Crippen LogP contribution in [0.1, 0.15) is 34.9 Å². The number of hydrogen-bond donors (Lipinski definition) is 2. The summed E-state index contributed by atoms with van der Waals surface area (Å²) in [5.74, 6) is -0.302. The summed E-state index contributed by atoms with van der Waals surface area (Å²) in [5, 5.41) is 22.3. The fourth-order valence-corrected chi connectivity index (χ4v) is 7.29. The Morgan fingerprint density at radius 2 is 2.08 bits per heavy atom. The number of halogens is 1. The van der Waals surface area contributed by atoms with E-state index in [1.807, 2.05) is 19.1 Å². The van der Waals surface area contributed by atoms with Crippen molar-refractivity contribution < 1.29 is 9.59 Å². The molecule has 37 heavy (non-hydrogen) atoms. The Morgan fingerprint density at radius 1 is 1.27 bits per heavy atom. The summed E-state index contributed by atoms with van der Waals surface area (Å²) in [6, 6.07) is 13.2. The number of thioether (sulfide) groups is 1. The van der Waals surface area contributed by atoms with Crippen molar-refractivity contribution in [2.45, 2.75) is 36.4 Å². The van der Waals surface area contributed by atoms with E-state index in [1.165, 1.54) is 23.1 Å². The minimum atomic E-state index is -0.474. The molecule has 2 aliphatic rings. The first kappa shape index (κ1) is 25.5. The molecule has 2 aromatic heterocycles. The van der Waals surface area contributed by atoms with Gasteiger partial charge in [-0.3, -0.25) is 14.5 Å². The molecule has 1 aliphatic carbocycles. The van der Waals surface area contributed by atoms with Gasteiger partial charge in [-0.2, -0.15) is 5.26 Å². The second kappa shape index (κ2) is 10.7. The van der Waals surface area contributed by atoms with Crippen molar-refractivity contribution in [3.8, 4) is 6.07 Å². The van der Waals surface area contributed by atoms with Crippen LogP contribution in [-0.2, 0) is 9.59 Å². The normalized spacial score (nSPS) is 17.6. The van der Waals surface area contributed by atoms with Gasteiger partial charge >= 0.3 is 0 Å². The van der Waals surface area contributed by atoms with Crippen molar-refractivity contribution >= 4 is 68.5 Å². The van der Waals surface area contributed by atoms with Gasteiger partial charge in [0, 0.05) is 27.4 Å². The minimum Gasteiger partial charge on any atom is -0.384 e. The molecule has 5 rings (SSSR count). The van der Waals surface area contributed by atoms with Gasteiger partial charge in [0.25, 0.3) is 0 Å². The van der Waals surface area contributed by atoms with Gasteiger partial charge in [-0.15, -0.1) is 21.5 Å². The monoisotopic (exact) mass is 568 g/mol. The first-order valence-electron chi connectivity index (χ1n) is 11.4. The number of nitriles is 1. The number of benzene rings is 1. The molecule has 1 atom stereocenters. The number of hydrogen-bond acceptors (Lipinski definition) is 10. The molecular formula is C25H21ClN6O2S3. The van der Waals surface area contributed by atoms with Gasteiger partial charge in [-0.05, 0) is 44.0 Å². The van der Waals surface area contributed by atoms with Crippen molar-refractivity contribution in [2.24, 2.45) is 5.73 Å². The van der Waals surface area contributed by atoms with Crippen LogP contribution in [0.4, 0.5) is 10.8 Å². The first-order valence-corrected chi connectivity index (χ1v) is 14.4. The van der Waals surface area contributed by atoms with E-state index in [1.54, 1.807) is 40.5 Å². The van der Waals surface area contributed by atoms with Crippen molar-refractivity contribution in [1.82, 2.24) is 10.2 Å². The van der Waals surface area contributed by atoms with E-state index in [-0.39, 0.29) is 23.3 Å². The number of carbonyl (C=O) groups excluding carboxylic acids is 2. The van der Waals surface area contributed by atoms with Gasteiger partial charge in [-0.25, -0.2) is 0 Å². The second-order valence-corrected chi connectivity index (χ2v) is 12.3. The molecule has 1 unspecified atom stereocenters. The van der Waals surface area contributed by atoms with Crippen LogP contribution in [0.3, 0.4) is 0 Å². The van der Waals surface area contributed by atoms with Gasteiger partial charge in [0.1, 0.15) is 5.82 Å². The van der Waals surface area contributed by atoms with Gasteiger partial charge in [0.05, 0.1) is 34.0 Å². The molecule has 0 bridgehead atoms. The second-order valence-electron chi connectivity index (χ2n) is 8.43. The minimum absolute atomic E-state index is 0.0258. The molecule has 12 heteroatoms. The van der Waals surface area contributed by atoms with Crippen molar-refractivity contribution in [3.63, 3.8) is 0 Å². The topological polar surface area (TPSA) is 125 Å². The molecule has 3 N–H and O–H groups in total. The third-order valence-electron chi connectivity index (χ3n) is 6.02. The Hall–Kier alpha value is -3.17. The maximum atomic E-state index is 13.2. The lowest BCUT2D eigenvalue weighted by Gasteiger charge is -2.37. The molecule has 1 aromatic carbocycles. The van der Waals surface area contributed by atoms with Gasteiger partial charge < -0.3 is 11.1 Å². The Bertz CT molecular complexity index is 1500. The summed E-state index contributed by atoms with van der Waals surface area (Å²) < 4.78 is 0.566. The smallest absolute Gasteiger partial charge is 0.234 e. The summed E-state index contributed by atoms with van der Waals surface area (Å²) in [6.45, 7) is 2.00. The fraction of sp³-hybridized carbons (Fsp3) is 0.240. The fourth-order valence-electron chi connectivity index (χ4n) is 4.43. The number of aryl methyl sites for hydroxylation is 1. The lowest BCUT2D eigenvalue weighted by atomic mass is 9.78. The highest BCUT2D eigenvalue weighted by Gasteiger charge is 2.41. The number of para-hydroxylation sites is 1. The van der Waals surface area contributed by atoms with E-state index in [0.717, 1.165) is 15.5 Å². The highest BCUT2D eigenvalue weighted by atomic mass is 35.5. The standard InChI is InChI=1S/C25H21ClN6O2S3/c1-13-9-10-19(36-13)21-14(11-27)23(28)32(17-7-4-8-18(33)22(17)21)24-30-31-25(37-24)35-12-20(34)29-16-6-3-2-5-15(16)26/h2-3,5-6,9-10,21H,4,7-8,12,28H2,1H3,(H,29,34). The van der Waals surface area contributed by atoms with Crippen molar-refractivity contribution in [3.05, 3.63) is 73.8 Å². The lowest BCUT2D eigenvalue weighted by molar-refractivity contribution is -0.116. The largest absolute Gasteiger partial charge is 0.384 e. The number of nitrogens with zero attached hydrogens (tertiary/aromatic N) is 4. The number of ketones is 1. The Kier molecular flexibility index (Phi) is 7.35. The molecule has 1 amide bonds. The predicted octanol–water partition coefficient (Wildman–Crippen LogP) is 5.60. The predicted molar refractivity (Wildman–Crippen MR) is 148 cm³/mol. The zero-order valence-electron chi connectivity index (χ0n) is 19.7. The molecule has 0 spiro atoms. The van der Waals surface area contributed by atoms with Crippen LogP contribution in [-0.4, -0.2) is 27.6 Å². The van der Waals surface area contributed by atoms with Crippen LogP contribution in [0.15, 0.2) is 63.4 Å². The molecule has 0 fully saturated rings. The number of nitrogens with one attached hydrogen (secondary N) is 1. The van der Waals surface area contributed by atoms with Crippen LogP contribution < -0.4 is 16.0 Å². The third kappa shape index (κ3) is 5.02. The Morgan fingerprint density at radius 3 is 2.81 bits per heavy atom. The number of Topliss-reactive ketones (excluding diaryl/α,β-unsaturated/α-hetero) is 1. The highest BCUT2D eigenvalue weighted by Crippen LogP contribution is 2.48. The summed E-state index contributed by atoms with van der Waals surface area (Å²) in [6.07, 6.45) is 1.77. The molecule has 8 nitrogen and oxygen atoms in total. The van der Waals surface area contributed by atoms with E-state index in [4.69, 9.17) is 17.3 Å². The van der Waals surface area contributed by atoms with E-state index >= 15 is 0 Å². The van der Waals surface area contributed by atoms with Gasteiger partial charge in [0.2, 0.25) is 11.0 Å². The zero-order chi connectivity index (χ0) is 26.1. The van der Waals surface area contributed by atoms with Crippen LogP contribution in [0, 0.1) is 18.3 Å². The Balaban J connectivity index is 1.42. The summed E-state index contributed by atoms with van der Waals surface area (Å²) in [7, 11) is 0. The average Bonchev–Trinajstić information content (AvgIpc) is 3.52. The Labute approximate surface area is 230 Å². The molecule has 0 saturated heterocycles. The average molecular weight is 569 g/mol. The van der Waals surface area contributed by atoms with E-state index in [9.17, 15) is 14.9 Å². The number of nitrogens with two attached hydrogens (primary N) is 1. The van der Waals surface area contributed by atoms with E-state index in [2.05, 4.69) is 21.6 Å². The maximum absolute atomic E-state index is 13.2. The summed E-state index contributed by atoms with van der Waals surface area (Å²) in [5.41, 5.74) is 8.84. The quantitative estimate of drug-likeness (QED) is 0.368. The number of allylic oxidation sites excluding steroid dienone is 3. The van der Waals surface area contributed by atoms with Crippen LogP contribution in [0.2, 0.25) is 5.02 Å². The maximum Gasteiger partial charge on any atom is 0.234 e. The van der Waals surface area contributed by atoms with Crippen molar-refractivity contribution in [1.29, 1.82) is 5.26 Å². The molecular weight excluding hydrogens is 548 g/mol. The first-order chi connectivity index (χ1) is 17.9. The van der Waals surface area contributed by atoms with Crippen LogP contribution in [0.25, 0.3) is 0 Å². The van der Waals surface area contributed by atoms with Crippen LogP contribution in [0.5, 0.6) is 0 Å². The number of thiophene rings is 1. The summed E-state index contributed by atoms with van der Waals surface area (Å²) >= 11 is 10.2. The number of carbonyl (C=O) groups is 2. The number of rotatable bonds is 6. The lowest BCUT2D eigenvalue weighted by Crippen LogP contribution is -2.38. The summed E-state index contributed by atoms with van der Waals surface area (Å²) in [4.78, 5) is 29.3. The van der Waals surface area contributed by atoms with Gasteiger partial charge in [-0.1, -0.05) is 46.8 Å². The van der Waals surface area contributed by atoms with Gasteiger partial charge in [0.15, 0.2) is 10.1 Å². The van der Waals surface area contributed by atoms with Crippen molar-refractivity contribution in [2.75, 3.05) is 16.0 Å². The molecule has 3 aromatic rings. The third-order valence-corrected chi connectivity index (χ3v) is 9.46. The zero-order valence-corrected chi connectivity index (χ0v) is 22.9. The molecule has 0 radical (unpaired) electrons. The molecule has 3 heterocycles. The number of anilines is 2.